The van der Waals surface area contributed by atoms with Gasteiger partial charge in [0.25, 0.3) is 5.79 Å². The molecule has 0 radical (unpaired) electrons. The van der Waals surface area contributed by atoms with E-state index in [1.54, 1.807) is 0 Å². The lowest BCUT2D eigenvalue weighted by Gasteiger charge is -2.42. The molecule has 116 valence electrons. The summed E-state index contributed by atoms with van der Waals surface area (Å²) in [5.41, 5.74) is 0. The van der Waals surface area contributed by atoms with Gasteiger partial charge >= 0.3 is 0 Å². The van der Waals surface area contributed by atoms with E-state index in [2.05, 4.69) is 15.9 Å². The van der Waals surface area contributed by atoms with Crippen molar-refractivity contribution in [3.8, 4) is 0 Å². The second-order valence-electron chi connectivity index (χ2n) is 4.95. The molecule has 0 spiro atoms. The third-order valence-corrected chi connectivity index (χ3v) is 6.74. The first-order valence-electron chi connectivity index (χ1n) is 6.01. The van der Waals surface area contributed by atoms with Gasteiger partial charge in [0, 0.05) is 39.7 Å². The van der Waals surface area contributed by atoms with Crippen molar-refractivity contribution in [2.75, 3.05) is 33.8 Å². The van der Waals surface area contributed by atoms with Crippen LogP contribution in [0.15, 0.2) is 0 Å². The van der Waals surface area contributed by atoms with Gasteiger partial charge in [-0.1, -0.05) is 15.9 Å². The van der Waals surface area contributed by atoms with E-state index >= 15 is 0 Å². The zero-order valence-corrected chi connectivity index (χ0v) is 14.8. The summed E-state index contributed by atoms with van der Waals surface area (Å²) in [6, 6.07) is 0. The van der Waals surface area contributed by atoms with Gasteiger partial charge in [0.05, 0.1) is 0 Å². The van der Waals surface area contributed by atoms with Crippen LogP contribution in [-0.4, -0.2) is 60.9 Å². The highest BCUT2D eigenvalue weighted by atomic mass is 79.9. The Morgan fingerprint density at radius 2 is 1.65 bits per heavy atom. The molecule has 3 atom stereocenters. The summed E-state index contributed by atoms with van der Waals surface area (Å²) in [5, 5.41) is 0.481. The number of carbonyl (C=O) groups is 1. The number of fused-ring (bicyclic) bond motifs is 2. The average molecular weight is 392 g/mol. The van der Waals surface area contributed by atoms with Crippen molar-refractivity contribution >= 4 is 44.9 Å². The number of carbonyl (C=O) groups excluding carboxylic acids is 1. The van der Waals surface area contributed by atoms with Crippen LogP contribution in [0.2, 0.25) is 0 Å². The Hall–Kier alpha value is 0.570. The molecule has 2 bridgehead atoms. The Kier molecular flexibility index (Phi) is 4.27. The van der Waals surface area contributed by atoms with E-state index in [0.29, 0.717) is 11.8 Å². The number of hydrogen-bond donors (Lipinski definition) is 0. The summed E-state index contributed by atoms with van der Waals surface area (Å²) in [6.45, 7) is 0. The lowest BCUT2D eigenvalue weighted by molar-refractivity contribution is -0.270. The standard InChI is InChI=1S/C12H17BrCl2O5/c1-17-11(18-2)8(16)10(15)7(6-13)5-9(11,14)12(10,19-3)20-4/h7H,5-6H2,1-4H3/t7-,9-,10+/m0/s1. The molecule has 2 rings (SSSR count). The summed E-state index contributed by atoms with van der Waals surface area (Å²) in [7, 11) is 5.52. The van der Waals surface area contributed by atoms with Crippen LogP contribution in [-0.2, 0) is 23.7 Å². The third-order valence-electron chi connectivity index (χ3n) is 4.58. The molecular formula is C12H17BrCl2O5. The summed E-state index contributed by atoms with van der Waals surface area (Å²) in [6.07, 6.45) is 0.346. The number of ketones is 1. The first kappa shape index (κ1) is 16.9. The van der Waals surface area contributed by atoms with Gasteiger partial charge < -0.3 is 18.9 Å². The molecule has 2 fully saturated rings. The molecule has 8 heteroatoms. The molecule has 0 heterocycles. The average Bonchev–Trinajstić information content (AvgIpc) is 2.73. The highest BCUT2D eigenvalue weighted by molar-refractivity contribution is 9.09. The van der Waals surface area contributed by atoms with Gasteiger partial charge in [-0.2, -0.15) is 0 Å². The maximum atomic E-state index is 12.9. The van der Waals surface area contributed by atoms with Gasteiger partial charge in [0.15, 0.2) is 9.75 Å². The third kappa shape index (κ3) is 1.37. The molecule has 2 aliphatic carbocycles. The minimum absolute atomic E-state index is 0.271. The molecule has 0 aliphatic heterocycles. The number of rotatable bonds is 5. The highest BCUT2D eigenvalue weighted by Gasteiger charge is 2.91. The zero-order valence-electron chi connectivity index (χ0n) is 11.7. The van der Waals surface area contributed by atoms with Gasteiger partial charge in [-0.25, -0.2) is 0 Å². The van der Waals surface area contributed by atoms with Crippen LogP contribution in [0.5, 0.6) is 0 Å². The molecule has 0 N–H and O–H groups in total. The van der Waals surface area contributed by atoms with Crippen molar-refractivity contribution in [2.45, 2.75) is 27.7 Å². The summed E-state index contributed by atoms with van der Waals surface area (Å²) >= 11 is 16.8. The largest absolute Gasteiger partial charge is 0.350 e. The minimum Gasteiger partial charge on any atom is -0.350 e. The SMILES string of the molecule is COC1(OC)C(=O)[C@]2(Cl)[C@H](CBr)C[C@@]1(Cl)C2(OC)OC. The van der Waals surface area contributed by atoms with Gasteiger partial charge in [-0.3, -0.25) is 4.79 Å². The lowest BCUT2D eigenvalue weighted by atomic mass is 9.84. The second kappa shape index (κ2) is 5.05. The van der Waals surface area contributed by atoms with Crippen LogP contribution in [0.25, 0.3) is 0 Å². The van der Waals surface area contributed by atoms with Crippen LogP contribution < -0.4 is 0 Å². The second-order valence-corrected chi connectivity index (χ2v) is 6.84. The Morgan fingerprint density at radius 1 is 1.15 bits per heavy atom. The van der Waals surface area contributed by atoms with Crippen molar-refractivity contribution in [3.05, 3.63) is 0 Å². The number of Topliss-reactive ketones (excluding diaryl/α,β-unsaturated/α-hetero) is 1. The normalized spacial score (nSPS) is 41.4. The van der Waals surface area contributed by atoms with Crippen LogP contribution >= 0.6 is 39.1 Å². The molecule has 0 aromatic heterocycles. The van der Waals surface area contributed by atoms with Gasteiger partial charge in [-0.15, -0.1) is 23.2 Å². The fraction of sp³-hybridized carbons (Fsp3) is 0.917. The van der Waals surface area contributed by atoms with E-state index < -0.39 is 27.1 Å². The quantitative estimate of drug-likeness (QED) is 0.529. The predicted octanol–water partition coefficient (Wildman–Crippen LogP) is 1.92. The predicted molar refractivity (Wildman–Crippen MR) is 77.6 cm³/mol. The summed E-state index contributed by atoms with van der Waals surface area (Å²) < 4.78 is 21.7. The van der Waals surface area contributed by atoms with E-state index in [1.807, 2.05) is 0 Å². The first-order valence-corrected chi connectivity index (χ1v) is 7.88. The van der Waals surface area contributed by atoms with E-state index in [1.165, 1.54) is 28.4 Å². The van der Waals surface area contributed by atoms with Crippen LogP contribution in [0.1, 0.15) is 6.42 Å². The highest BCUT2D eigenvalue weighted by Crippen LogP contribution is 2.70. The molecular weight excluding hydrogens is 375 g/mol. The molecule has 20 heavy (non-hydrogen) atoms. The van der Waals surface area contributed by atoms with E-state index in [9.17, 15) is 4.79 Å². The van der Waals surface area contributed by atoms with Crippen molar-refractivity contribution in [3.63, 3.8) is 0 Å². The number of alkyl halides is 3. The van der Waals surface area contributed by atoms with E-state index in [-0.39, 0.29) is 5.92 Å². The Balaban J connectivity index is 2.76. The molecule has 2 aliphatic rings. The van der Waals surface area contributed by atoms with Crippen molar-refractivity contribution < 1.29 is 23.7 Å². The Labute approximate surface area is 136 Å². The number of hydrogen-bond acceptors (Lipinski definition) is 5. The maximum Gasteiger partial charge on any atom is 0.255 e. The smallest absolute Gasteiger partial charge is 0.255 e. The zero-order chi connectivity index (χ0) is 15.4. The van der Waals surface area contributed by atoms with E-state index in [4.69, 9.17) is 42.1 Å². The van der Waals surface area contributed by atoms with Crippen molar-refractivity contribution in [2.24, 2.45) is 5.92 Å². The van der Waals surface area contributed by atoms with Crippen LogP contribution in [0.4, 0.5) is 0 Å². The van der Waals surface area contributed by atoms with Crippen molar-refractivity contribution in [1.82, 2.24) is 0 Å². The van der Waals surface area contributed by atoms with Crippen LogP contribution in [0.3, 0.4) is 0 Å². The van der Waals surface area contributed by atoms with Gasteiger partial charge in [-0.05, 0) is 6.42 Å². The number of halogens is 3. The monoisotopic (exact) mass is 390 g/mol. The van der Waals surface area contributed by atoms with Crippen molar-refractivity contribution in [1.29, 1.82) is 0 Å². The number of ether oxygens (including phenoxy) is 4. The molecule has 0 amide bonds. The minimum atomic E-state index is -1.71. The van der Waals surface area contributed by atoms with Gasteiger partial charge in [0.1, 0.15) is 0 Å². The fourth-order valence-corrected chi connectivity index (χ4v) is 6.01. The molecule has 5 nitrogen and oxygen atoms in total. The van der Waals surface area contributed by atoms with E-state index in [0.717, 1.165) is 0 Å². The summed E-state index contributed by atoms with van der Waals surface area (Å²) in [4.78, 5) is 10.1. The Bertz CT molecular complexity index is 426. The molecule has 0 aromatic rings. The van der Waals surface area contributed by atoms with Crippen LogP contribution in [0, 0.1) is 5.92 Å². The lowest BCUT2D eigenvalue weighted by Crippen LogP contribution is -2.62. The Morgan fingerprint density at radius 3 is 2.00 bits per heavy atom. The molecule has 2 saturated carbocycles. The maximum absolute atomic E-state index is 12.9. The number of methoxy groups -OCH3 is 4. The summed E-state index contributed by atoms with van der Waals surface area (Å²) in [5.74, 6) is -4.00. The fourth-order valence-electron chi connectivity index (χ4n) is 3.73. The molecule has 0 saturated heterocycles. The molecule has 0 aromatic carbocycles. The van der Waals surface area contributed by atoms with Gasteiger partial charge in [0.2, 0.25) is 11.6 Å². The molecule has 0 unspecified atom stereocenters. The first-order chi connectivity index (χ1) is 9.31. The topological polar surface area (TPSA) is 54.0 Å².